The number of hydrogen-bond acceptors (Lipinski definition) is 6. The number of guanidine groups is 1. The molecule has 0 radical (unpaired) electrons. The van der Waals surface area contributed by atoms with Crippen molar-refractivity contribution in [1.29, 1.82) is 0 Å². The first kappa shape index (κ1) is 35.2. The van der Waals surface area contributed by atoms with E-state index in [4.69, 9.17) is 20.9 Å². The Balaban J connectivity index is 0.00000576. The first-order valence-electron chi connectivity index (χ1n) is 14.6. The Hall–Kier alpha value is -5.29. The van der Waals surface area contributed by atoms with Crippen molar-refractivity contribution < 1.29 is 23.9 Å². The number of amides is 3. The van der Waals surface area contributed by atoms with Gasteiger partial charge >= 0.3 is 6.09 Å². The van der Waals surface area contributed by atoms with Crippen LogP contribution in [0.3, 0.4) is 0 Å². The first-order chi connectivity index (χ1) is 21.8. The Labute approximate surface area is 274 Å². The number of halogens is 1. The Bertz CT molecular complexity index is 1620. The maximum Gasteiger partial charge on any atom is 0.408 e. The Morgan fingerprint density at radius 2 is 1.46 bits per heavy atom. The molecule has 7 N–H and O–H groups in total. The lowest BCUT2D eigenvalue weighted by Gasteiger charge is -2.23. The number of rotatable bonds is 14. The molecule has 242 valence electrons. The van der Waals surface area contributed by atoms with Crippen molar-refractivity contribution in [2.24, 2.45) is 16.5 Å². The zero-order valence-electron chi connectivity index (χ0n) is 25.5. The van der Waals surface area contributed by atoms with Gasteiger partial charge in [0.25, 0.3) is 0 Å². The van der Waals surface area contributed by atoms with Crippen LogP contribution in [0.15, 0.2) is 102 Å². The number of nitrogens with two attached hydrogens (primary N) is 2. The molecule has 2 atom stereocenters. The van der Waals surface area contributed by atoms with Gasteiger partial charge in [-0.2, -0.15) is 0 Å². The summed E-state index contributed by atoms with van der Waals surface area (Å²) in [7, 11) is 1.56. The maximum absolute atomic E-state index is 13.7. The van der Waals surface area contributed by atoms with E-state index in [2.05, 4.69) is 20.9 Å². The summed E-state index contributed by atoms with van der Waals surface area (Å²) < 4.78 is 10.9. The van der Waals surface area contributed by atoms with Gasteiger partial charge in [0.05, 0.1) is 7.11 Å². The Morgan fingerprint density at radius 3 is 2.13 bits per heavy atom. The van der Waals surface area contributed by atoms with Gasteiger partial charge in [-0.05, 0) is 35.4 Å². The van der Waals surface area contributed by atoms with Crippen LogP contribution in [0.1, 0.15) is 24.0 Å². The van der Waals surface area contributed by atoms with Crippen LogP contribution in [0.5, 0.6) is 5.75 Å². The second kappa shape index (κ2) is 17.9. The van der Waals surface area contributed by atoms with Crippen LogP contribution >= 0.6 is 12.4 Å². The third kappa shape index (κ3) is 10.7. The Kier molecular flexibility index (Phi) is 13.7. The van der Waals surface area contributed by atoms with Crippen LogP contribution in [-0.4, -0.2) is 49.6 Å². The van der Waals surface area contributed by atoms with Gasteiger partial charge in [-0.1, -0.05) is 84.9 Å². The van der Waals surface area contributed by atoms with Gasteiger partial charge in [-0.3, -0.25) is 14.6 Å². The average Bonchev–Trinajstić information content (AvgIpc) is 3.05. The SMILES string of the molecule is COc1cc(NC(=O)C(CCCN=C(N)N)NC(=O)C(Cc2ccccc2)NC(=O)OCc2ccccc2)cc2ccccc12.Cl. The van der Waals surface area contributed by atoms with Crippen LogP contribution in [0.25, 0.3) is 10.8 Å². The van der Waals surface area contributed by atoms with Crippen molar-refractivity contribution in [2.75, 3.05) is 19.0 Å². The Morgan fingerprint density at radius 1 is 0.804 bits per heavy atom. The molecule has 0 saturated carbocycles. The van der Waals surface area contributed by atoms with Gasteiger partial charge in [0.15, 0.2) is 5.96 Å². The monoisotopic (exact) mass is 646 g/mol. The molecule has 0 aliphatic carbocycles. The van der Waals surface area contributed by atoms with E-state index < -0.39 is 30.0 Å². The van der Waals surface area contributed by atoms with E-state index in [0.29, 0.717) is 17.9 Å². The van der Waals surface area contributed by atoms with Crippen molar-refractivity contribution in [3.63, 3.8) is 0 Å². The normalized spacial score (nSPS) is 11.7. The number of ether oxygens (including phenoxy) is 2. The largest absolute Gasteiger partial charge is 0.496 e. The van der Waals surface area contributed by atoms with E-state index in [1.54, 1.807) is 13.2 Å². The molecule has 2 unspecified atom stereocenters. The van der Waals surface area contributed by atoms with Gasteiger partial charge in [0.1, 0.15) is 24.4 Å². The van der Waals surface area contributed by atoms with E-state index in [1.165, 1.54) is 0 Å². The molecule has 0 aromatic heterocycles. The predicted octanol–water partition coefficient (Wildman–Crippen LogP) is 4.28. The molecule has 0 saturated heterocycles. The van der Waals surface area contributed by atoms with Gasteiger partial charge < -0.3 is 36.9 Å². The zero-order chi connectivity index (χ0) is 32.0. The number of nitrogens with zero attached hydrogens (tertiary/aromatic N) is 1. The topological polar surface area (TPSA) is 170 Å². The fraction of sp³-hybridized carbons (Fsp3) is 0.235. The van der Waals surface area contributed by atoms with Crippen LogP contribution < -0.4 is 32.2 Å². The fourth-order valence-electron chi connectivity index (χ4n) is 4.76. The summed E-state index contributed by atoms with van der Waals surface area (Å²) in [6.07, 6.45) is 0.0621. The summed E-state index contributed by atoms with van der Waals surface area (Å²) in [6.45, 7) is 0.306. The third-order valence-corrected chi connectivity index (χ3v) is 6.99. The highest BCUT2D eigenvalue weighted by atomic mass is 35.5. The van der Waals surface area contributed by atoms with Crippen LogP contribution in [0.2, 0.25) is 0 Å². The third-order valence-electron chi connectivity index (χ3n) is 6.99. The maximum atomic E-state index is 13.7. The molecular formula is C34H39ClN6O5. The van der Waals surface area contributed by atoms with E-state index in [-0.39, 0.29) is 44.4 Å². The molecule has 0 spiro atoms. The molecule has 0 aliphatic heterocycles. The number of methoxy groups -OCH3 is 1. The number of fused-ring (bicyclic) bond motifs is 1. The van der Waals surface area contributed by atoms with E-state index in [1.807, 2.05) is 91.0 Å². The minimum absolute atomic E-state index is 0. The molecule has 3 amide bonds. The zero-order valence-corrected chi connectivity index (χ0v) is 26.3. The van der Waals surface area contributed by atoms with Gasteiger partial charge in [-0.15, -0.1) is 12.4 Å². The number of carbonyl (C=O) groups excluding carboxylic acids is 3. The van der Waals surface area contributed by atoms with Crippen molar-refractivity contribution in [3.8, 4) is 5.75 Å². The molecule has 0 fully saturated rings. The van der Waals surface area contributed by atoms with E-state index in [9.17, 15) is 14.4 Å². The second-order valence-electron chi connectivity index (χ2n) is 10.3. The summed E-state index contributed by atoms with van der Waals surface area (Å²) in [5, 5.41) is 10.2. The summed E-state index contributed by atoms with van der Waals surface area (Å²) in [6, 6.07) is 27.7. The number of alkyl carbamates (subject to hydrolysis) is 1. The molecular weight excluding hydrogens is 608 g/mol. The molecule has 11 nitrogen and oxygen atoms in total. The lowest BCUT2D eigenvalue weighted by Crippen LogP contribution is -2.53. The summed E-state index contributed by atoms with van der Waals surface area (Å²) >= 11 is 0. The quantitative estimate of drug-likeness (QED) is 0.0773. The number of carbonyl (C=O) groups is 3. The smallest absolute Gasteiger partial charge is 0.408 e. The second-order valence-corrected chi connectivity index (χ2v) is 10.3. The molecule has 0 aliphatic rings. The number of anilines is 1. The van der Waals surface area contributed by atoms with E-state index >= 15 is 0 Å². The summed E-state index contributed by atoms with van der Waals surface area (Å²) in [5.74, 6) is -0.466. The predicted molar refractivity (Wildman–Crippen MR) is 182 cm³/mol. The van der Waals surface area contributed by atoms with E-state index in [0.717, 1.165) is 21.9 Å². The molecule has 12 heteroatoms. The van der Waals surface area contributed by atoms with Gasteiger partial charge in [0.2, 0.25) is 11.8 Å². The fourth-order valence-corrected chi connectivity index (χ4v) is 4.76. The highest BCUT2D eigenvalue weighted by Gasteiger charge is 2.28. The first-order valence-corrected chi connectivity index (χ1v) is 14.6. The number of benzene rings is 4. The minimum atomic E-state index is -1.02. The lowest BCUT2D eigenvalue weighted by molar-refractivity contribution is -0.128. The summed E-state index contributed by atoms with van der Waals surface area (Å²) in [4.78, 5) is 44.1. The highest BCUT2D eigenvalue weighted by molar-refractivity contribution is 6.01. The number of aliphatic imine (C=N–C) groups is 1. The van der Waals surface area contributed by atoms with Gasteiger partial charge in [-0.25, -0.2) is 4.79 Å². The van der Waals surface area contributed by atoms with Crippen LogP contribution in [0, 0.1) is 0 Å². The van der Waals surface area contributed by atoms with Crippen molar-refractivity contribution in [1.82, 2.24) is 10.6 Å². The van der Waals surface area contributed by atoms with Crippen molar-refractivity contribution in [2.45, 2.75) is 38.0 Å². The standard InChI is InChI=1S/C34H38N6O5.ClH/c1-44-30-21-26(20-25-15-8-9-16-27(25)30)38-31(41)28(17-10-18-37-33(35)36)39-32(42)29(19-23-11-4-2-5-12-23)40-34(43)45-22-24-13-6-3-7-14-24;/h2-9,11-16,20-21,28-29H,10,17-19,22H2,1H3,(H,38,41)(H,39,42)(H,40,43)(H4,35,36,37);1H. The molecule has 4 aromatic carbocycles. The van der Waals surface area contributed by atoms with Crippen LogP contribution in [0.4, 0.5) is 10.5 Å². The number of hydrogen-bond donors (Lipinski definition) is 5. The molecule has 4 rings (SSSR count). The van der Waals surface area contributed by atoms with Gasteiger partial charge in [0, 0.05) is 30.1 Å². The summed E-state index contributed by atoms with van der Waals surface area (Å²) in [5.41, 5.74) is 13.0. The molecule has 0 bridgehead atoms. The molecule has 46 heavy (non-hydrogen) atoms. The number of nitrogens with one attached hydrogen (secondary N) is 3. The molecule has 4 aromatic rings. The van der Waals surface area contributed by atoms with Crippen molar-refractivity contribution >= 4 is 52.7 Å². The minimum Gasteiger partial charge on any atom is -0.496 e. The highest BCUT2D eigenvalue weighted by Crippen LogP contribution is 2.30. The average molecular weight is 647 g/mol. The lowest BCUT2D eigenvalue weighted by atomic mass is 10.0. The molecule has 0 heterocycles. The van der Waals surface area contributed by atoms with Crippen LogP contribution in [-0.2, 0) is 27.4 Å². The van der Waals surface area contributed by atoms with Crippen molar-refractivity contribution in [3.05, 3.63) is 108 Å².